The summed E-state index contributed by atoms with van der Waals surface area (Å²) in [6.07, 6.45) is 4.92. The van der Waals surface area contributed by atoms with Crippen molar-refractivity contribution in [2.24, 2.45) is 0 Å². The molecule has 1 N–H and O–H groups in total. The van der Waals surface area contributed by atoms with E-state index in [2.05, 4.69) is 56.8 Å². The molecule has 0 aliphatic carbocycles. The van der Waals surface area contributed by atoms with Gasteiger partial charge in [0.25, 0.3) is 0 Å². The summed E-state index contributed by atoms with van der Waals surface area (Å²) in [5.74, 6) is 0. The standard InChI is InChI=1S/C13H18BrN3S/c1-10(2)17-9-16-8-11(17)7-15-6-5-12-3-4-13(14)18-12/h3-4,8-10,15H,5-7H2,1-2H3. The highest BCUT2D eigenvalue weighted by atomic mass is 79.9. The van der Waals surface area contributed by atoms with Crippen LogP contribution in [-0.4, -0.2) is 16.1 Å². The van der Waals surface area contributed by atoms with Gasteiger partial charge in [-0.1, -0.05) is 0 Å². The zero-order chi connectivity index (χ0) is 13.0. The van der Waals surface area contributed by atoms with Crippen molar-refractivity contribution in [2.75, 3.05) is 6.54 Å². The van der Waals surface area contributed by atoms with Gasteiger partial charge in [0, 0.05) is 30.2 Å². The Morgan fingerprint density at radius 3 is 2.94 bits per heavy atom. The fourth-order valence-corrected chi connectivity index (χ4v) is 3.33. The van der Waals surface area contributed by atoms with Crippen LogP contribution in [-0.2, 0) is 13.0 Å². The van der Waals surface area contributed by atoms with Crippen LogP contribution in [0.25, 0.3) is 0 Å². The SMILES string of the molecule is CC(C)n1cncc1CNCCc1ccc(Br)s1. The third kappa shape index (κ3) is 3.67. The van der Waals surface area contributed by atoms with Crippen LogP contribution in [0.2, 0.25) is 0 Å². The molecule has 0 atom stereocenters. The Morgan fingerprint density at radius 2 is 2.28 bits per heavy atom. The van der Waals surface area contributed by atoms with Crippen LogP contribution in [0.5, 0.6) is 0 Å². The molecule has 0 aromatic carbocycles. The molecule has 0 fully saturated rings. The molecule has 0 amide bonds. The van der Waals surface area contributed by atoms with Gasteiger partial charge in [-0.3, -0.25) is 0 Å². The third-order valence-corrected chi connectivity index (χ3v) is 4.47. The van der Waals surface area contributed by atoms with Crippen molar-refractivity contribution in [3.63, 3.8) is 0 Å². The normalized spacial score (nSPS) is 11.3. The molecule has 2 aromatic heterocycles. The highest BCUT2D eigenvalue weighted by Gasteiger charge is 2.04. The summed E-state index contributed by atoms with van der Waals surface area (Å²) in [6.45, 7) is 6.23. The van der Waals surface area contributed by atoms with Crippen molar-refractivity contribution in [1.82, 2.24) is 14.9 Å². The molecular weight excluding hydrogens is 310 g/mol. The van der Waals surface area contributed by atoms with Crippen molar-refractivity contribution in [2.45, 2.75) is 32.9 Å². The number of imidazole rings is 1. The van der Waals surface area contributed by atoms with Gasteiger partial charge in [-0.2, -0.15) is 0 Å². The fourth-order valence-electron chi connectivity index (χ4n) is 1.85. The molecular formula is C13H18BrN3S. The second-order valence-corrected chi connectivity index (χ2v) is 7.07. The predicted molar refractivity (Wildman–Crippen MR) is 80.0 cm³/mol. The van der Waals surface area contributed by atoms with Crippen LogP contribution in [0, 0.1) is 0 Å². The molecule has 2 aromatic rings. The Bertz CT molecular complexity index is 490. The number of rotatable bonds is 6. The van der Waals surface area contributed by atoms with Gasteiger partial charge < -0.3 is 9.88 Å². The monoisotopic (exact) mass is 327 g/mol. The first-order valence-electron chi connectivity index (χ1n) is 6.12. The highest BCUT2D eigenvalue weighted by Crippen LogP contribution is 2.22. The number of hydrogen-bond acceptors (Lipinski definition) is 3. The second kappa shape index (κ2) is 6.50. The topological polar surface area (TPSA) is 29.9 Å². The van der Waals surface area contributed by atoms with Crippen LogP contribution in [0.4, 0.5) is 0 Å². The van der Waals surface area contributed by atoms with E-state index in [9.17, 15) is 0 Å². The maximum atomic E-state index is 4.20. The van der Waals surface area contributed by atoms with Crippen LogP contribution in [0.1, 0.15) is 30.5 Å². The lowest BCUT2D eigenvalue weighted by molar-refractivity contribution is 0.551. The Morgan fingerprint density at radius 1 is 1.44 bits per heavy atom. The van der Waals surface area contributed by atoms with Crippen LogP contribution in [0.3, 0.4) is 0 Å². The van der Waals surface area contributed by atoms with Gasteiger partial charge in [0.15, 0.2) is 0 Å². The van der Waals surface area contributed by atoms with E-state index in [1.165, 1.54) is 14.4 Å². The number of thiophene rings is 1. The summed E-state index contributed by atoms with van der Waals surface area (Å²) in [6, 6.07) is 4.75. The molecule has 0 spiro atoms. The maximum absolute atomic E-state index is 4.20. The molecule has 0 radical (unpaired) electrons. The van der Waals surface area contributed by atoms with Crippen molar-refractivity contribution in [3.8, 4) is 0 Å². The predicted octanol–water partition coefficient (Wildman–Crippen LogP) is 3.62. The lowest BCUT2D eigenvalue weighted by Gasteiger charge is -2.12. The average molecular weight is 328 g/mol. The van der Waals surface area contributed by atoms with Crippen molar-refractivity contribution >= 4 is 27.3 Å². The molecule has 0 bridgehead atoms. The first-order chi connectivity index (χ1) is 8.66. The van der Waals surface area contributed by atoms with Crippen molar-refractivity contribution < 1.29 is 0 Å². The van der Waals surface area contributed by atoms with Gasteiger partial charge in [-0.15, -0.1) is 11.3 Å². The number of halogens is 1. The maximum Gasteiger partial charge on any atom is 0.0951 e. The Hall–Kier alpha value is -0.650. The summed E-state index contributed by atoms with van der Waals surface area (Å²) in [4.78, 5) is 5.61. The van der Waals surface area contributed by atoms with Gasteiger partial charge in [-0.05, 0) is 48.3 Å². The van der Waals surface area contributed by atoms with Crippen LogP contribution < -0.4 is 5.32 Å². The van der Waals surface area contributed by atoms with Gasteiger partial charge in [0.2, 0.25) is 0 Å². The minimum absolute atomic E-state index is 0.470. The molecule has 98 valence electrons. The lowest BCUT2D eigenvalue weighted by Crippen LogP contribution is -2.19. The number of nitrogens with one attached hydrogen (secondary N) is 1. The molecule has 2 heterocycles. The summed E-state index contributed by atoms with van der Waals surface area (Å²) in [5.41, 5.74) is 1.25. The molecule has 0 unspecified atom stereocenters. The van der Waals surface area contributed by atoms with Gasteiger partial charge in [-0.25, -0.2) is 4.98 Å². The first kappa shape index (κ1) is 13.8. The molecule has 5 heteroatoms. The van der Waals surface area contributed by atoms with E-state index >= 15 is 0 Å². The Labute approximate surface area is 120 Å². The van der Waals surface area contributed by atoms with E-state index in [1.54, 1.807) is 11.3 Å². The van der Waals surface area contributed by atoms with E-state index in [-0.39, 0.29) is 0 Å². The van der Waals surface area contributed by atoms with Gasteiger partial charge in [0.1, 0.15) is 0 Å². The van der Waals surface area contributed by atoms with E-state index in [0.717, 1.165) is 19.5 Å². The molecule has 0 saturated carbocycles. The summed E-state index contributed by atoms with van der Waals surface area (Å²) < 4.78 is 3.41. The first-order valence-corrected chi connectivity index (χ1v) is 7.73. The smallest absolute Gasteiger partial charge is 0.0951 e. The Balaban J connectivity index is 1.77. The second-order valence-electron chi connectivity index (χ2n) is 4.52. The minimum Gasteiger partial charge on any atom is -0.331 e. The lowest BCUT2D eigenvalue weighted by atomic mass is 10.3. The molecule has 18 heavy (non-hydrogen) atoms. The third-order valence-electron chi connectivity index (χ3n) is 2.79. The molecule has 3 nitrogen and oxygen atoms in total. The molecule has 0 aliphatic heterocycles. The highest BCUT2D eigenvalue weighted by molar-refractivity contribution is 9.11. The molecule has 0 saturated heterocycles. The van der Waals surface area contributed by atoms with Crippen LogP contribution >= 0.6 is 27.3 Å². The number of nitrogens with zero attached hydrogens (tertiary/aromatic N) is 2. The molecule has 0 aliphatic rings. The van der Waals surface area contributed by atoms with Gasteiger partial charge in [0.05, 0.1) is 15.8 Å². The average Bonchev–Trinajstić information content (AvgIpc) is 2.93. The van der Waals surface area contributed by atoms with E-state index in [4.69, 9.17) is 0 Å². The fraction of sp³-hybridized carbons (Fsp3) is 0.462. The number of aromatic nitrogens is 2. The van der Waals surface area contributed by atoms with Crippen molar-refractivity contribution in [3.05, 3.63) is 39.0 Å². The van der Waals surface area contributed by atoms with E-state index in [1.807, 2.05) is 12.5 Å². The zero-order valence-corrected chi connectivity index (χ0v) is 13.1. The van der Waals surface area contributed by atoms with E-state index in [0.29, 0.717) is 6.04 Å². The van der Waals surface area contributed by atoms with Crippen LogP contribution in [0.15, 0.2) is 28.4 Å². The van der Waals surface area contributed by atoms with Crippen molar-refractivity contribution in [1.29, 1.82) is 0 Å². The summed E-state index contributed by atoms with van der Waals surface area (Å²) >= 11 is 5.29. The van der Waals surface area contributed by atoms with E-state index < -0.39 is 0 Å². The zero-order valence-electron chi connectivity index (χ0n) is 10.7. The largest absolute Gasteiger partial charge is 0.331 e. The molecule has 2 rings (SSSR count). The number of hydrogen-bond donors (Lipinski definition) is 1. The minimum atomic E-state index is 0.470. The Kier molecular flexibility index (Phi) is 4.97. The quantitative estimate of drug-likeness (QED) is 0.821. The summed E-state index contributed by atoms with van der Waals surface area (Å²) in [5, 5.41) is 3.47. The summed E-state index contributed by atoms with van der Waals surface area (Å²) in [7, 11) is 0. The van der Waals surface area contributed by atoms with Gasteiger partial charge >= 0.3 is 0 Å².